The van der Waals surface area contributed by atoms with E-state index >= 15 is 0 Å². The summed E-state index contributed by atoms with van der Waals surface area (Å²) >= 11 is 0. The van der Waals surface area contributed by atoms with Crippen molar-refractivity contribution in [3.63, 3.8) is 0 Å². The van der Waals surface area contributed by atoms with E-state index in [4.69, 9.17) is 25.1 Å². The smallest absolute Gasteiger partial charge is 0.205 e. The summed E-state index contributed by atoms with van der Waals surface area (Å²) in [6, 6.07) is 58.2. The molecule has 1 atom stereocenters. The summed E-state index contributed by atoms with van der Waals surface area (Å²) in [5.41, 5.74) is 8.30. The molecule has 0 aliphatic rings. The van der Waals surface area contributed by atoms with E-state index in [2.05, 4.69) is 135 Å². The third-order valence-electron chi connectivity index (χ3n) is 9.54. The second kappa shape index (κ2) is 13.8. The van der Waals surface area contributed by atoms with E-state index in [1.54, 1.807) is 4.80 Å². The molecule has 8 rings (SSSR count). The van der Waals surface area contributed by atoms with Crippen LogP contribution in [0.25, 0.3) is 33.4 Å². The quantitative estimate of drug-likeness (QED) is 0.136. The lowest BCUT2D eigenvalue weighted by Gasteiger charge is -2.34. The average Bonchev–Trinajstić information content (AvgIpc) is 3.70. The van der Waals surface area contributed by atoms with Crippen molar-refractivity contribution in [3.8, 4) is 28.3 Å². The fraction of sp³-hybridized carbons (Fsp3) is 0.111. The highest BCUT2D eigenvalue weighted by Gasteiger charge is 2.41. The molecule has 0 fully saturated rings. The Morgan fingerprint density at radius 1 is 0.627 bits per heavy atom. The molecule has 0 bridgehead atoms. The Hall–Kier alpha value is -6.40. The van der Waals surface area contributed by atoms with E-state index in [1.165, 1.54) is 0 Å². The molecular weight excluding hydrogens is 627 g/mol. The summed E-state index contributed by atoms with van der Waals surface area (Å²) in [4.78, 5) is 6.55. The highest BCUT2D eigenvalue weighted by molar-refractivity contribution is 5.85. The second-order valence-electron chi connectivity index (χ2n) is 12.6. The standard InChI is InChI=1S/C45H37N5O/c1-3-38-31-43(41-25-15-16-26-42(41)46-38)51-32(2)33-27-29-34(30-28-33)39-23-13-14-24-40(39)44-47-49-50(48-44)45(35-17-7-4-8-18-35,36-19-9-5-10-20-36)37-21-11-6-12-22-37/h4-32H,3H2,1-2H3. The lowest BCUT2D eigenvalue weighted by molar-refractivity contribution is 0.229. The summed E-state index contributed by atoms with van der Waals surface area (Å²) < 4.78 is 6.57. The lowest BCUT2D eigenvalue weighted by atomic mass is 9.77. The molecule has 0 aliphatic heterocycles. The van der Waals surface area contributed by atoms with E-state index in [0.717, 1.165) is 67.7 Å². The molecule has 0 saturated carbocycles. The number of ether oxygens (including phenoxy) is 1. The molecule has 0 N–H and O–H groups in total. The van der Waals surface area contributed by atoms with E-state index in [-0.39, 0.29) is 6.10 Å². The van der Waals surface area contributed by atoms with Crippen LogP contribution in [0.3, 0.4) is 0 Å². The van der Waals surface area contributed by atoms with Crippen LogP contribution in [0.4, 0.5) is 0 Å². The predicted molar refractivity (Wildman–Crippen MR) is 203 cm³/mol. The van der Waals surface area contributed by atoms with Crippen molar-refractivity contribution in [2.24, 2.45) is 0 Å². The highest BCUT2D eigenvalue weighted by atomic mass is 16.5. The SMILES string of the molecule is CCc1cc(OC(C)c2ccc(-c3ccccc3-c3nnn(C(c4ccccc4)(c4ccccc4)c4ccccc4)n3)cc2)c2ccccc2n1. The Kier molecular flexibility index (Phi) is 8.64. The molecule has 248 valence electrons. The van der Waals surface area contributed by atoms with Crippen molar-refractivity contribution < 1.29 is 4.74 Å². The molecular formula is C45H37N5O. The number of hydrogen-bond acceptors (Lipinski definition) is 5. The molecule has 51 heavy (non-hydrogen) atoms. The average molecular weight is 664 g/mol. The molecule has 0 aliphatic carbocycles. The van der Waals surface area contributed by atoms with Gasteiger partial charge in [0.25, 0.3) is 0 Å². The fourth-order valence-electron chi connectivity index (χ4n) is 6.94. The molecule has 6 heteroatoms. The number of fused-ring (bicyclic) bond motifs is 1. The van der Waals surface area contributed by atoms with Crippen molar-refractivity contribution in [1.29, 1.82) is 0 Å². The number of pyridine rings is 1. The summed E-state index contributed by atoms with van der Waals surface area (Å²) in [5, 5.41) is 15.7. The third kappa shape index (κ3) is 5.95. The van der Waals surface area contributed by atoms with Crippen LogP contribution in [0.15, 0.2) is 170 Å². The summed E-state index contributed by atoms with van der Waals surface area (Å²) in [6.45, 7) is 4.20. The highest BCUT2D eigenvalue weighted by Crippen LogP contribution is 2.40. The van der Waals surface area contributed by atoms with Crippen LogP contribution in [0.2, 0.25) is 0 Å². The summed E-state index contributed by atoms with van der Waals surface area (Å²) in [7, 11) is 0. The number of aryl methyl sites for hydroxylation is 1. The van der Waals surface area contributed by atoms with E-state index in [1.807, 2.05) is 48.5 Å². The van der Waals surface area contributed by atoms with Gasteiger partial charge in [-0.05, 0) is 64.1 Å². The minimum absolute atomic E-state index is 0.159. The van der Waals surface area contributed by atoms with Crippen LogP contribution < -0.4 is 4.74 Å². The first-order valence-electron chi connectivity index (χ1n) is 17.4. The Bertz CT molecular complexity index is 2290. The molecule has 2 heterocycles. The molecule has 6 nitrogen and oxygen atoms in total. The van der Waals surface area contributed by atoms with Crippen LogP contribution in [-0.4, -0.2) is 25.2 Å². The maximum atomic E-state index is 6.57. The zero-order valence-corrected chi connectivity index (χ0v) is 28.6. The van der Waals surface area contributed by atoms with Crippen LogP contribution in [0.5, 0.6) is 5.75 Å². The first-order chi connectivity index (χ1) is 25.1. The van der Waals surface area contributed by atoms with Crippen LogP contribution in [-0.2, 0) is 12.0 Å². The first-order valence-corrected chi connectivity index (χ1v) is 17.4. The fourth-order valence-corrected chi connectivity index (χ4v) is 6.94. The Balaban J connectivity index is 1.16. The van der Waals surface area contributed by atoms with Gasteiger partial charge in [0.1, 0.15) is 11.9 Å². The molecule has 1 unspecified atom stereocenters. The van der Waals surface area contributed by atoms with E-state index in [9.17, 15) is 0 Å². The van der Waals surface area contributed by atoms with Crippen molar-refractivity contribution in [1.82, 2.24) is 25.2 Å². The molecule has 0 saturated heterocycles. The van der Waals surface area contributed by atoms with Crippen molar-refractivity contribution in [3.05, 3.63) is 198 Å². The Morgan fingerprint density at radius 3 is 1.78 bits per heavy atom. The van der Waals surface area contributed by atoms with Crippen LogP contribution in [0.1, 0.15) is 47.9 Å². The van der Waals surface area contributed by atoms with Gasteiger partial charge >= 0.3 is 0 Å². The number of rotatable bonds is 10. The minimum atomic E-state index is -0.847. The zero-order chi connectivity index (χ0) is 34.6. The van der Waals surface area contributed by atoms with Gasteiger partial charge in [0.15, 0.2) is 5.54 Å². The number of hydrogen-bond donors (Lipinski definition) is 0. The zero-order valence-electron chi connectivity index (χ0n) is 28.6. The largest absolute Gasteiger partial charge is 0.485 e. The molecule has 2 aromatic heterocycles. The van der Waals surface area contributed by atoms with Gasteiger partial charge in [-0.25, -0.2) is 0 Å². The third-order valence-corrected chi connectivity index (χ3v) is 9.54. The van der Waals surface area contributed by atoms with Crippen LogP contribution in [0, 0.1) is 0 Å². The van der Waals surface area contributed by atoms with Gasteiger partial charge in [0, 0.05) is 22.7 Å². The topological polar surface area (TPSA) is 65.7 Å². The maximum Gasteiger partial charge on any atom is 0.205 e. The Morgan fingerprint density at radius 2 is 1.18 bits per heavy atom. The predicted octanol–water partition coefficient (Wildman–Crippen LogP) is 10.1. The normalized spacial score (nSPS) is 12.1. The van der Waals surface area contributed by atoms with Gasteiger partial charge in [0.05, 0.1) is 5.52 Å². The second-order valence-corrected chi connectivity index (χ2v) is 12.6. The van der Waals surface area contributed by atoms with Gasteiger partial charge in [-0.3, -0.25) is 4.98 Å². The van der Waals surface area contributed by atoms with Gasteiger partial charge in [0.2, 0.25) is 5.82 Å². The van der Waals surface area contributed by atoms with Gasteiger partial charge < -0.3 is 4.74 Å². The lowest BCUT2D eigenvalue weighted by Crippen LogP contribution is -2.39. The Labute approximate surface area is 298 Å². The van der Waals surface area contributed by atoms with Gasteiger partial charge in [-0.2, -0.15) is 0 Å². The number of benzene rings is 6. The maximum absolute atomic E-state index is 6.57. The molecule has 8 aromatic rings. The molecule has 0 spiro atoms. The number of aromatic nitrogens is 5. The van der Waals surface area contributed by atoms with E-state index < -0.39 is 5.54 Å². The molecule has 0 radical (unpaired) electrons. The molecule has 0 amide bonds. The number of nitrogens with zero attached hydrogens (tertiary/aromatic N) is 5. The summed E-state index contributed by atoms with van der Waals surface area (Å²) in [6.07, 6.45) is 0.686. The first kappa shape index (κ1) is 31.8. The monoisotopic (exact) mass is 663 g/mol. The van der Waals surface area contributed by atoms with Gasteiger partial charge in [-0.1, -0.05) is 159 Å². The number of para-hydroxylation sites is 1. The molecule has 6 aromatic carbocycles. The summed E-state index contributed by atoms with van der Waals surface area (Å²) in [5.74, 6) is 1.40. The van der Waals surface area contributed by atoms with E-state index in [0.29, 0.717) is 5.82 Å². The van der Waals surface area contributed by atoms with Gasteiger partial charge in [-0.15, -0.1) is 15.0 Å². The van der Waals surface area contributed by atoms with Crippen LogP contribution >= 0.6 is 0 Å². The van der Waals surface area contributed by atoms with Crippen molar-refractivity contribution >= 4 is 10.9 Å². The minimum Gasteiger partial charge on any atom is -0.485 e. The van der Waals surface area contributed by atoms with Crippen molar-refractivity contribution in [2.75, 3.05) is 0 Å². The van der Waals surface area contributed by atoms with Crippen molar-refractivity contribution in [2.45, 2.75) is 31.9 Å². The number of tetrazole rings is 1.